The number of benzene rings is 12. The summed E-state index contributed by atoms with van der Waals surface area (Å²) in [5.41, 5.74) is 15.6. The monoisotopic (exact) mass is 878 g/mol. The Balaban J connectivity index is 0.895. The van der Waals surface area contributed by atoms with Crippen molar-refractivity contribution in [2.24, 2.45) is 0 Å². The summed E-state index contributed by atoms with van der Waals surface area (Å²) in [6.07, 6.45) is 0. The van der Waals surface area contributed by atoms with Crippen LogP contribution in [-0.4, -0.2) is 4.57 Å². The Morgan fingerprint density at radius 3 is 1.59 bits per heavy atom. The number of anilines is 3. The second kappa shape index (κ2) is 15.7. The van der Waals surface area contributed by atoms with Crippen molar-refractivity contribution in [1.82, 2.24) is 4.57 Å². The first-order chi connectivity index (χ1) is 34.2. The van der Waals surface area contributed by atoms with Crippen LogP contribution in [0.5, 0.6) is 0 Å². The fourth-order valence-electron chi connectivity index (χ4n) is 10.9. The van der Waals surface area contributed by atoms with Gasteiger partial charge in [0.05, 0.1) is 16.7 Å². The molecule has 2 heterocycles. The van der Waals surface area contributed by atoms with Crippen LogP contribution in [0.2, 0.25) is 0 Å². The van der Waals surface area contributed by atoms with E-state index in [0.29, 0.717) is 0 Å². The van der Waals surface area contributed by atoms with Gasteiger partial charge in [0, 0.05) is 49.6 Å². The smallest absolute Gasteiger partial charge is 0.143 e. The quantitative estimate of drug-likeness (QED) is 0.149. The molecule has 14 rings (SSSR count). The summed E-state index contributed by atoms with van der Waals surface area (Å²) < 4.78 is 8.87. The Labute approximate surface area is 399 Å². The molecule has 0 saturated carbocycles. The van der Waals surface area contributed by atoms with Crippen molar-refractivity contribution >= 4 is 93.1 Å². The molecule has 322 valence electrons. The first-order valence-electron chi connectivity index (χ1n) is 23.7. The van der Waals surface area contributed by atoms with Gasteiger partial charge in [-0.2, -0.15) is 0 Å². The second-order valence-corrected chi connectivity index (χ2v) is 18.0. The molecule has 3 nitrogen and oxygen atoms in total. The Kier molecular flexibility index (Phi) is 8.90. The van der Waals surface area contributed by atoms with Crippen LogP contribution < -0.4 is 4.90 Å². The third kappa shape index (κ3) is 6.36. The predicted molar refractivity (Wildman–Crippen MR) is 292 cm³/mol. The molecular weight excluding hydrogens is 837 g/mol. The minimum absolute atomic E-state index is 0.896. The summed E-state index contributed by atoms with van der Waals surface area (Å²) in [7, 11) is 0. The average Bonchev–Trinajstić information content (AvgIpc) is 3.97. The Bertz CT molecular complexity index is 4260. The van der Waals surface area contributed by atoms with Gasteiger partial charge >= 0.3 is 0 Å². The van der Waals surface area contributed by atoms with Gasteiger partial charge in [-0.15, -0.1) is 0 Å². The van der Waals surface area contributed by atoms with Gasteiger partial charge in [-0.25, -0.2) is 0 Å². The van der Waals surface area contributed by atoms with Crippen molar-refractivity contribution in [2.75, 3.05) is 4.90 Å². The van der Waals surface area contributed by atoms with Gasteiger partial charge in [0.1, 0.15) is 11.2 Å². The minimum Gasteiger partial charge on any atom is -0.455 e. The molecular formula is C66H42N2O. The largest absolute Gasteiger partial charge is 0.455 e. The van der Waals surface area contributed by atoms with Crippen LogP contribution in [-0.2, 0) is 0 Å². The zero-order valence-electron chi connectivity index (χ0n) is 37.6. The van der Waals surface area contributed by atoms with Crippen LogP contribution in [0.15, 0.2) is 259 Å². The van der Waals surface area contributed by atoms with Gasteiger partial charge in [0.2, 0.25) is 0 Å². The van der Waals surface area contributed by atoms with E-state index >= 15 is 0 Å². The molecule has 69 heavy (non-hydrogen) atoms. The molecule has 0 saturated heterocycles. The summed E-state index contributed by atoms with van der Waals surface area (Å²) in [6, 6.07) is 92.6. The second-order valence-electron chi connectivity index (χ2n) is 18.0. The minimum atomic E-state index is 0.896. The molecule has 14 aromatic rings. The van der Waals surface area contributed by atoms with E-state index in [-0.39, 0.29) is 0 Å². The lowest BCUT2D eigenvalue weighted by Gasteiger charge is -2.28. The first-order valence-corrected chi connectivity index (χ1v) is 23.7. The molecule has 0 atom stereocenters. The molecule has 0 spiro atoms. The van der Waals surface area contributed by atoms with Crippen LogP contribution in [0.4, 0.5) is 17.1 Å². The molecule has 0 aliphatic carbocycles. The molecule has 3 heteroatoms. The molecule has 0 bridgehead atoms. The highest BCUT2D eigenvalue weighted by atomic mass is 16.3. The summed E-state index contributed by atoms with van der Waals surface area (Å²) >= 11 is 0. The molecule has 0 aliphatic rings. The fourth-order valence-corrected chi connectivity index (χ4v) is 10.9. The number of rotatable bonds is 7. The van der Waals surface area contributed by atoms with Gasteiger partial charge in [-0.05, 0) is 134 Å². The van der Waals surface area contributed by atoms with Crippen LogP contribution in [0.1, 0.15) is 0 Å². The zero-order valence-corrected chi connectivity index (χ0v) is 37.6. The van der Waals surface area contributed by atoms with E-state index in [2.05, 4.69) is 264 Å². The molecule has 0 unspecified atom stereocenters. The van der Waals surface area contributed by atoms with Gasteiger partial charge in [-0.1, -0.05) is 176 Å². The van der Waals surface area contributed by atoms with Gasteiger partial charge in [0.25, 0.3) is 0 Å². The van der Waals surface area contributed by atoms with Crippen molar-refractivity contribution in [3.05, 3.63) is 255 Å². The van der Waals surface area contributed by atoms with Crippen molar-refractivity contribution in [2.45, 2.75) is 0 Å². The van der Waals surface area contributed by atoms with Crippen LogP contribution >= 0.6 is 0 Å². The summed E-state index contributed by atoms with van der Waals surface area (Å²) in [5, 5.41) is 12.0. The van der Waals surface area contributed by atoms with E-state index in [4.69, 9.17) is 4.42 Å². The summed E-state index contributed by atoms with van der Waals surface area (Å²) in [5.74, 6) is 0. The predicted octanol–water partition coefficient (Wildman–Crippen LogP) is 18.6. The maximum atomic E-state index is 6.49. The number of nitrogens with zero attached hydrogens (tertiary/aromatic N) is 2. The van der Waals surface area contributed by atoms with Gasteiger partial charge in [-0.3, -0.25) is 0 Å². The number of para-hydroxylation sites is 3. The Hall–Kier alpha value is -9.18. The highest BCUT2D eigenvalue weighted by Gasteiger charge is 2.21. The zero-order chi connectivity index (χ0) is 45.4. The van der Waals surface area contributed by atoms with Gasteiger partial charge < -0.3 is 13.9 Å². The number of fused-ring (bicyclic) bond motifs is 11. The topological polar surface area (TPSA) is 21.3 Å². The number of hydrogen-bond acceptors (Lipinski definition) is 2. The Morgan fingerprint density at radius 1 is 0.304 bits per heavy atom. The lowest BCUT2D eigenvalue weighted by Crippen LogP contribution is -2.11. The normalized spacial score (nSPS) is 11.8. The van der Waals surface area contributed by atoms with E-state index in [9.17, 15) is 0 Å². The molecule has 0 aliphatic heterocycles. The van der Waals surface area contributed by atoms with Crippen molar-refractivity contribution in [1.29, 1.82) is 0 Å². The summed E-state index contributed by atoms with van der Waals surface area (Å²) in [4.78, 5) is 2.42. The lowest BCUT2D eigenvalue weighted by atomic mass is 9.92. The molecule has 0 radical (unpaired) electrons. The van der Waals surface area contributed by atoms with Crippen LogP contribution in [0, 0.1) is 0 Å². The molecule has 2 aromatic heterocycles. The fraction of sp³-hybridized carbons (Fsp3) is 0. The van der Waals surface area contributed by atoms with Crippen LogP contribution in [0.25, 0.3) is 115 Å². The van der Waals surface area contributed by atoms with Crippen molar-refractivity contribution < 1.29 is 4.42 Å². The van der Waals surface area contributed by atoms with Crippen LogP contribution in [0.3, 0.4) is 0 Å². The molecule has 0 amide bonds. The van der Waals surface area contributed by atoms with E-state index in [1.165, 1.54) is 54.3 Å². The number of hydrogen-bond donors (Lipinski definition) is 0. The SMILES string of the molecule is c1cc(-c2ccc(N(c3ccc(-c4ccc5oc6c7ccccc7ccc6c5c4)cc3)c3ccccc3-c3cc4ccccc4c4ccccc34)cc2)cc(-n2c3ccccc3c3ccccc32)c1. The average molecular weight is 879 g/mol. The van der Waals surface area contributed by atoms with E-state index in [1.807, 2.05) is 0 Å². The maximum Gasteiger partial charge on any atom is 0.143 e. The summed E-state index contributed by atoms with van der Waals surface area (Å²) in [6.45, 7) is 0. The third-order valence-electron chi connectivity index (χ3n) is 14.2. The van der Waals surface area contributed by atoms with E-state index in [0.717, 1.165) is 77.9 Å². The van der Waals surface area contributed by atoms with Crippen molar-refractivity contribution in [3.8, 4) is 39.1 Å². The molecule has 0 fully saturated rings. The highest BCUT2D eigenvalue weighted by Crippen LogP contribution is 2.45. The maximum absolute atomic E-state index is 6.49. The van der Waals surface area contributed by atoms with E-state index < -0.39 is 0 Å². The van der Waals surface area contributed by atoms with Gasteiger partial charge in [0.15, 0.2) is 0 Å². The van der Waals surface area contributed by atoms with Crippen molar-refractivity contribution in [3.63, 3.8) is 0 Å². The molecule has 12 aromatic carbocycles. The van der Waals surface area contributed by atoms with E-state index in [1.54, 1.807) is 0 Å². The standard InChI is InChI=1S/C66H42N2O/c1-4-19-53-45(14-1)32-38-59-61-41-47(33-39-65(61)69-66(53)59)44-30-36-50(37-31-44)67(62-25-10-9-24-58(62)60-42-48-15-2-3-18-52(48)54-20-5-6-21-55(54)60)49-34-28-43(29-35-49)46-16-13-17-51(40-46)68-63-26-11-7-22-56(63)57-23-8-12-27-64(57)68/h1-42H. The number of aromatic nitrogens is 1. The third-order valence-corrected chi connectivity index (χ3v) is 14.2. The highest BCUT2D eigenvalue weighted by molar-refractivity contribution is 6.17. The molecule has 0 N–H and O–H groups in total. The number of furan rings is 1. The first kappa shape index (κ1) is 39.0. The Morgan fingerprint density at radius 2 is 0.870 bits per heavy atom. The lowest BCUT2D eigenvalue weighted by molar-refractivity contribution is 0.672.